The normalized spacial score (nSPS) is 25.4. The maximum atomic E-state index is 13.6. The van der Waals surface area contributed by atoms with Gasteiger partial charge in [0.15, 0.2) is 0 Å². The minimum absolute atomic E-state index is 0.255. The van der Waals surface area contributed by atoms with Crippen molar-refractivity contribution in [2.45, 2.75) is 45.1 Å². The molecule has 0 aromatic heterocycles. The first-order valence-electron chi connectivity index (χ1n) is 6.37. The Bertz CT molecular complexity index is 360. The molecule has 0 bridgehead atoms. The summed E-state index contributed by atoms with van der Waals surface area (Å²) in [5.74, 6) is 0.535. The van der Waals surface area contributed by atoms with Crippen LogP contribution in [0.4, 0.5) is 10.1 Å². The van der Waals surface area contributed by atoms with E-state index in [0.29, 0.717) is 16.8 Å². The predicted octanol–water partition coefficient (Wildman–Crippen LogP) is 4.86. The molecule has 3 heteroatoms. The molecular formula is C14H19ClFN. The van der Waals surface area contributed by atoms with Crippen molar-refractivity contribution < 1.29 is 4.39 Å². The molecule has 2 atom stereocenters. The highest BCUT2D eigenvalue weighted by Crippen LogP contribution is 2.29. The maximum Gasteiger partial charge on any atom is 0.147 e. The highest BCUT2D eigenvalue weighted by atomic mass is 35.5. The Morgan fingerprint density at radius 3 is 2.82 bits per heavy atom. The Morgan fingerprint density at radius 2 is 2.06 bits per heavy atom. The molecule has 1 saturated carbocycles. The van der Waals surface area contributed by atoms with E-state index in [0.717, 1.165) is 18.8 Å². The number of anilines is 1. The van der Waals surface area contributed by atoms with Gasteiger partial charge >= 0.3 is 0 Å². The van der Waals surface area contributed by atoms with Crippen LogP contribution in [0, 0.1) is 11.7 Å². The molecule has 1 aliphatic rings. The van der Waals surface area contributed by atoms with Crippen molar-refractivity contribution in [1.82, 2.24) is 0 Å². The predicted molar refractivity (Wildman–Crippen MR) is 71.1 cm³/mol. The molecule has 0 heterocycles. The molecule has 2 rings (SSSR count). The van der Waals surface area contributed by atoms with Crippen molar-refractivity contribution in [1.29, 1.82) is 0 Å². The second kappa shape index (κ2) is 5.72. The zero-order valence-corrected chi connectivity index (χ0v) is 10.9. The van der Waals surface area contributed by atoms with Gasteiger partial charge in [-0.05, 0) is 37.3 Å². The largest absolute Gasteiger partial charge is 0.379 e. The highest BCUT2D eigenvalue weighted by Gasteiger charge is 2.18. The zero-order chi connectivity index (χ0) is 12.3. The van der Waals surface area contributed by atoms with Crippen molar-refractivity contribution in [3.63, 3.8) is 0 Å². The second-order valence-electron chi connectivity index (χ2n) is 5.05. The molecule has 0 aliphatic heterocycles. The fourth-order valence-corrected chi connectivity index (χ4v) is 2.69. The van der Waals surface area contributed by atoms with Gasteiger partial charge < -0.3 is 5.32 Å². The van der Waals surface area contributed by atoms with Crippen molar-refractivity contribution in [2.75, 3.05) is 5.32 Å². The number of hydrogen-bond acceptors (Lipinski definition) is 1. The van der Waals surface area contributed by atoms with E-state index in [1.54, 1.807) is 12.1 Å². The summed E-state index contributed by atoms with van der Waals surface area (Å²) in [5.41, 5.74) is 0.466. The van der Waals surface area contributed by atoms with Crippen LogP contribution in [0.1, 0.15) is 39.0 Å². The monoisotopic (exact) mass is 255 g/mol. The molecule has 1 aliphatic carbocycles. The van der Waals surface area contributed by atoms with E-state index in [2.05, 4.69) is 12.2 Å². The molecule has 1 aromatic carbocycles. The molecule has 0 amide bonds. The SMILES string of the molecule is CC1CCCC(Nc2c(F)cccc2Cl)CC1. The number of para-hydroxylation sites is 1. The maximum absolute atomic E-state index is 13.6. The first kappa shape index (κ1) is 12.7. The molecule has 94 valence electrons. The van der Waals surface area contributed by atoms with Crippen LogP contribution in [0.5, 0.6) is 0 Å². The van der Waals surface area contributed by atoms with Crippen LogP contribution in [0.25, 0.3) is 0 Å². The summed E-state index contributed by atoms with van der Waals surface area (Å²) in [6.07, 6.45) is 5.92. The summed E-state index contributed by atoms with van der Waals surface area (Å²) in [6.45, 7) is 2.29. The molecule has 1 fully saturated rings. The summed E-state index contributed by atoms with van der Waals surface area (Å²) in [7, 11) is 0. The van der Waals surface area contributed by atoms with Crippen molar-refractivity contribution in [3.05, 3.63) is 29.0 Å². The molecule has 17 heavy (non-hydrogen) atoms. The number of rotatable bonds is 2. The summed E-state index contributed by atoms with van der Waals surface area (Å²) in [5, 5.41) is 3.75. The molecule has 1 aromatic rings. The van der Waals surface area contributed by atoms with Crippen LogP contribution < -0.4 is 5.32 Å². The number of nitrogens with one attached hydrogen (secondary N) is 1. The highest BCUT2D eigenvalue weighted by molar-refractivity contribution is 6.33. The third-order valence-corrected chi connectivity index (χ3v) is 3.88. The Balaban J connectivity index is 2.05. The van der Waals surface area contributed by atoms with Gasteiger partial charge in [0, 0.05) is 6.04 Å². The van der Waals surface area contributed by atoms with Crippen molar-refractivity contribution in [2.24, 2.45) is 5.92 Å². The number of hydrogen-bond donors (Lipinski definition) is 1. The van der Waals surface area contributed by atoms with Gasteiger partial charge in [-0.3, -0.25) is 0 Å². The lowest BCUT2D eigenvalue weighted by Gasteiger charge is -2.19. The number of halogens is 2. The Labute approximate surface area is 107 Å². The third-order valence-electron chi connectivity index (χ3n) is 3.57. The van der Waals surface area contributed by atoms with Crippen LogP contribution >= 0.6 is 11.6 Å². The first-order valence-corrected chi connectivity index (χ1v) is 6.75. The molecule has 1 nitrogen and oxygen atoms in total. The third kappa shape index (κ3) is 3.35. The first-order chi connectivity index (χ1) is 8.16. The Morgan fingerprint density at radius 1 is 1.24 bits per heavy atom. The molecule has 1 N–H and O–H groups in total. The summed E-state index contributed by atoms with van der Waals surface area (Å²) in [6, 6.07) is 5.17. The smallest absolute Gasteiger partial charge is 0.147 e. The summed E-state index contributed by atoms with van der Waals surface area (Å²) < 4.78 is 13.6. The van der Waals surface area contributed by atoms with Crippen LogP contribution in [-0.2, 0) is 0 Å². The van der Waals surface area contributed by atoms with E-state index in [1.165, 1.54) is 25.3 Å². The Hall–Kier alpha value is -0.760. The van der Waals surface area contributed by atoms with Crippen molar-refractivity contribution in [3.8, 4) is 0 Å². The lowest BCUT2D eigenvalue weighted by molar-refractivity contribution is 0.501. The quantitative estimate of drug-likeness (QED) is 0.744. The van der Waals surface area contributed by atoms with Gasteiger partial charge in [-0.2, -0.15) is 0 Å². The van der Waals surface area contributed by atoms with Gasteiger partial charge in [0.1, 0.15) is 5.82 Å². The van der Waals surface area contributed by atoms with Crippen LogP contribution in [0.15, 0.2) is 18.2 Å². The van der Waals surface area contributed by atoms with E-state index in [9.17, 15) is 4.39 Å². The fourth-order valence-electron chi connectivity index (χ4n) is 2.47. The summed E-state index contributed by atoms with van der Waals surface area (Å²) in [4.78, 5) is 0. The van der Waals surface area contributed by atoms with E-state index < -0.39 is 0 Å². The molecule has 2 unspecified atom stereocenters. The van der Waals surface area contributed by atoms with Crippen molar-refractivity contribution >= 4 is 17.3 Å². The average molecular weight is 256 g/mol. The van der Waals surface area contributed by atoms with Gasteiger partial charge in [0.2, 0.25) is 0 Å². The molecule has 0 saturated heterocycles. The minimum Gasteiger partial charge on any atom is -0.379 e. The Kier molecular flexibility index (Phi) is 4.27. The van der Waals surface area contributed by atoms with Gasteiger partial charge in [-0.1, -0.05) is 37.4 Å². The van der Waals surface area contributed by atoms with Gasteiger partial charge in [0.05, 0.1) is 10.7 Å². The zero-order valence-electron chi connectivity index (χ0n) is 10.2. The average Bonchev–Trinajstić information content (AvgIpc) is 2.49. The van der Waals surface area contributed by atoms with Crippen LogP contribution in [0.3, 0.4) is 0 Å². The lowest BCUT2D eigenvalue weighted by atomic mass is 10.0. The van der Waals surface area contributed by atoms with E-state index in [4.69, 9.17) is 11.6 Å². The topological polar surface area (TPSA) is 12.0 Å². The molecular weight excluding hydrogens is 237 g/mol. The van der Waals surface area contributed by atoms with Crippen LogP contribution in [-0.4, -0.2) is 6.04 Å². The van der Waals surface area contributed by atoms with Gasteiger partial charge in [0.25, 0.3) is 0 Å². The summed E-state index contributed by atoms with van der Waals surface area (Å²) >= 11 is 6.02. The number of benzene rings is 1. The van der Waals surface area contributed by atoms with E-state index in [1.807, 2.05) is 0 Å². The lowest BCUT2D eigenvalue weighted by Crippen LogP contribution is -2.19. The molecule has 0 spiro atoms. The fraction of sp³-hybridized carbons (Fsp3) is 0.571. The van der Waals surface area contributed by atoms with Gasteiger partial charge in [-0.25, -0.2) is 4.39 Å². The standard InChI is InChI=1S/C14H19ClFN/c1-10-4-2-5-11(9-8-10)17-14-12(15)6-3-7-13(14)16/h3,6-7,10-11,17H,2,4-5,8-9H2,1H3. The second-order valence-corrected chi connectivity index (χ2v) is 5.46. The minimum atomic E-state index is -0.255. The molecule has 0 radical (unpaired) electrons. The van der Waals surface area contributed by atoms with E-state index >= 15 is 0 Å². The van der Waals surface area contributed by atoms with Crippen LogP contribution in [0.2, 0.25) is 5.02 Å². The van der Waals surface area contributed by atoms with E-state index in [-0.39, 0.29) is 5.82 Å². The van der Waals surface area contributed by atoms with Gasteiger partial charge in [-0.15, -0.1) is 0 Å².